The van der Waals surface area contributed by atoms with E-state index >= 15 is 0 Å². The van der Waals surface area contributed by atoms with Crippen LogP contribution in [0.1, 0.15) is 27.8 Å². The maximum absolute atomic E-state index is 14.7. The molecule has 1 saturated heterocycles. The van der Waals surface area contributed by atoms with Crippen LogP contribution in [0.4, 0.5) is 18.9 Å². The van der Waals surface area contributed by atoms with Gasteiger partial charge in [0.05, 0.1) is 5.56 Å². The zero-order valence-corrected chi connectivity index (χ0v) is 25.2. The molecular weight excluding hydrogens is 607 g/mol. The Morgan fingerprint density at radius 3 is 2.23 bits per heavy atom. The maximum atomic E-state index is 14.7. The lowest BCUT2D eigenvalue weighted by Gasteiger charge is -2.36. The molecule has 6 rings (SSSR count). The maximum Gasteiger partial charge on any atom is 0.294 e. The Labute approximate surface area is 268 Å². The van der Waals surface area contributed by atoms with Crippen LogP contribution in [0.5, 0.6) is 0 Å². The van der Waals surface area contributed by atoms with Crippen molar-refractivity contribution in [3.8, 4) is 0 Å². The van der Waals surface area contributed by atoms with Crippen molar-refractivity contribution in [2.45, 2.75) is 12.8 Å². The van der Waals surface area contributed by atoms with E-state index in [1.54, 1.807) is 6.07 Å². The predicted octanol–water partition coefficient (Wildman–Crippen LogP) is 5.94. The standard InChI is InChI=1S/C37H30F3N3O4/c38-27-17-23(18-28(39)20-27)16-26-22-41-36(46)35(30(26)19-25-7-2-4-10-31(25)40)33(44)21-34(45)37(47)43-14-12-42(13-15-43)32-11-5-8-24-6-1-3-9-29(24)32/h1-11,17-18,20-22,44H,12-16,19H2,(H,41,46). The number of ketones is 1. The van der Waals surface area contributed by atoms with Crippen LogP contribution in [0.3, 0.4) is 0 Å². The van der Waals surface area contributed by atoms with Gasteiger partial charge in [0.1, 0.15) is 23.2 Å². The highest BCUT2D eigenvalue weighted by Crippen LogP contribution is 2.28. The van der Waals surface area contributed by atoms with Gasteiger partial charge in [-0.1, -0.05) is 54.6 Å². The Morgan fingerprint density at radius 1 is 0.809 bits per heavy atom. The highest BCUT2D eigenvalue weighted by atomic mass is 19.1. The second-order valence-corrected chi connectivity index (χ2v) is 11.4. The van der Waals surface area contributed by atoms with Crippen molar-refractivity contribution in [3.63, 3.8) is 0 Å². The van der Waals surface area contributed by atoms with E-state index in [2.05, 4.69) is 9.88 Å². The number of piperazine rings is 1. The van der Waals surface area contributed by atoms with Crippen LogP contribution in [0.2, 0.25) is 0 Å². The van der Waals surface area contributed by atoms with Crippen molar-refractivity contribution >= 4 is 33.9 Å². The number of nitrogens with one attached hydrogen (secondary N) is 1. The molecule has 0 radical (unpaired) electrons. The first-order chi connectivity index (χ1) is 22.7. The summed E-state index contributed by atoms with van der Waals surface area (Å²) in [5.74, 6) is -4.82. The van der Waals surface area contributed by atoms with Crippen molar-refractivity contribution in [3.05, 3.63) is 153 Å². The third-order valence-corrected chi connectivity index (χ3v) is 8.34. The van der Waals surface area contributed by atoms with Gasteiger partial charge in [-0.3, -0.25) is 14.4 Å². The minimum absolute atomic E-state index is 0.0800. The number of hydrogen-bond donors (Lipinski definition) is 2. The molecule has 1 aliphatic heterocycles. The van der Waals surface area contributed by atoms with Gasteiger partial charge in [0, 0.05) is 62.0 Å². The number of aromatic amines is 1. The van der Waals surface area contributed by atoms with E-state index in [0.717, 1.165) is 34.7 Å². The quantitative estimate of drug-likeness (QED) is 0.125. The normalized spacial score (nSPS) is 13.6. The first kappa shape index (κ1) is 31.3. The lowest BCUT2D eigenvalue weighted by molar-refractivity contribution is -0.142. The number of nitrogens with zero attached hydrogens (tertiary/aromatic N) is 2. The van der Waals surface area contributed by atoms with Gasteiger partial charge in [0.25, 0.3) is 11.5 Å². The second-order valence-electron chi connectivity index (χ2n) is 11.4. The molecule has 5 aromatic rings. The molecule has 1 fully saturated rings. The van der Waals surface area contributed by atoms with Crippen molar-refractivity contribution in [1.29, 1.82) is 0 Å². The molecule has 4 aromatic carbocycles. The fourth-order valence-electron chi connectivity index (χ4n) is 6.05. The van der Waals surface area contributed by atoms with Gasteiger partial charge < -0.3 is 19.9 Å². The van der Waals surface area contributed by atoms with Gasteiger partial charge in [-0.25, -0.2) is 13.2 Å². The highest BCUT2D eigenvalue weighted by Gasteiger charge is 2.27. The number of fused-ring (bicyclic) bond motifs is 1. The number of aliphatic hydroxyl groups is 1. The molecular formula is C37H30F3N3O4. The van der Waals surface area contributed by atoms with E-state index in [9.17, 15) is 32.7 Å². The number of pyridine rings is 1. The summed E-state index contributed by atoms with van der Waals surface area (Å²) in [5, 5.41) is 13.3. The van der Waals surface area contributed by atoms with Crippen LogP contribution in [0.25, 0.3) is 16.5 Å². The number of carbonyl (C=O) groups is 2. The number of aromatic nitrogens is 1. The molecule has 238 valence electrons. The molecule has 1 aromatic heterocycles. The topological polar surface area (TPSA) is 93.7 Å². The molecule has 0 saturated carbocycles. The Morgan fingerprint density at radius 2 is 1.49 bits per heavy atom. The van der Waals surface area contributed by atoms with Gasteiger partial charge in [-0.2, -0.15) is 0 Å². The average Bonchev–Trinajstić information content (AvgIpc) is 3.06. The average molecular weight is 638 g/mol. The number of amides is 1. The van der Waals surface area contributed by atoms with Crippen molar-refractivity contribution in [2.24, 2.45) is 0 Å². The Hall–Kier alpha value is -5.64. The first-order valence-electron chi connectivity index (χ1n) is 15.1. The van der Waals surface area contributed by atoms with Crippen LogP contribution >= 0.6 is 0 Å². The molecule has 10 heteroatoms. The summed E-state index contributed by atoms with van der Waals surface area (Å²) < 4.78 is 42.7. The summed E-state index contributed by atoms with van der Waals surface area (Å²) in [6.45, 7) is 1.50. The smallest absolute Gasteiger partial charge is 0.294 e. The SMILES string of the molecule is O=C(C=C(O)c1c(Cc2ccccc2F)c(Cc2cc(F)cc(F)c2)c[nH]c1=O)C(=O)N1CCN(c2cccc3ccccc23)CC1. The largest absolute Gasteiger partial charge is 0.507 e. The van der Waals surface area contributed by atoms with Gasteiger partial charge >= 0.3 is 0 Å². The van der Waals surface area contributed by atoms with E-state index in [1.165, 1.54) is 29.3 Å². The number of anilines is 1. The summed E-state index contributed by atoms with van der Waals surface area (Å²) >= 11 is 0. The van der Waals surface area contributed by atoms with Crippen molar-refractivity contribution in [2.75, 3.05) is 31.1 Å². The summed E-state index contributed by atoms with van der Waals surface area (Å²) in [5.41, 5.74) is 0.782. The first-order valence-corrected chi connectivity index (χ1v) is 15.1. The molecule has 0 atom stereocenters. The second kappa shape index (κ2) is 13.4. The Balaban J connectivity index is 1.26. The zero-order chi connectivity index (χ0) is 33.1. The van der Waals surface area contributed by atoms with Gasteiger partial charge in [-0.05, 0) is 58.3 Å². The molecule has 2 N–H and O–H groups in total. The van der Waals surface area contributed by atoms with E-state index in [-0.39, 0.29) is 48.2 Å². The number of rotatable bonds is 8. The van der Waals surface area contributed by atoms with Gasteiger partial charge in [0.2, 0.25) is 5.78 Å². The van der Waals surface area contributed by atoms with Crippen LogP contribution in [0, 0.1) is 17.5 Å². The highest BCUT2D eigenvalue weighted by molar-refractivity contribution is 6.41. The summed E-state index contributed by atoms with van der Waals surface area (Å²) in [4.78, 5) is 45.5. The molecule has 0 unspecified atom stereocenters. The van der Waals surface area contributed by atoms with Crippen molar-refractivity contribution in [1.82, 2.24) is 9.88 Å². The van der Waals surface area contributed by atoms with Crippen LogP contribution in [0.15, 0.2) is 102 Å². The summed E-state index contributed by atoms with van der Waals surface area (Å²) in [6.07, 6.45) is 1.75. The number of carbonyl (C=O) groups excluding carboxylic acids is 2. The monoisotopic (exact) mass is 637 g/mol. The minimum Gasteiger partial charge on any atom is -0.507 e. The fourth-order valence-corrected chi connectivity index (χ4v) is 6.05. The van der Waals surface area contributed by atoms with Crippen molar-refractivity contribution < 1.29 is 27.9 Å². The van der Waals surface area contributed by atoms with E-state index in [4.69, 9.17) is 0 Å². The van der Waals surface area contributed by atoms with Crippen LogP contribution < -0.4 is 10.5 Å². The molecule has 1 amide bonds. The minimum atomic E-state index is -1.03. The Kier molecular flexibility index (Phi) is 8.92. The van der Waals surface area contributed by atoms with Crippen LogP contribution in [-0.4, -0.2) is 52.9 Å². The molecule has 7 nitrogen and oxygen atoms in total. The molecule has 0 spiro atoms. The number of aliphatic hydroxyl groups excluding tert-OH is 1. The third-order valence-electron chi connectivity index (χ3n) is 8.34. The fraction of sp³-hybridized carbons (Fsp3) is 0.162. The van der Waals surface area contributed by atoms with Gasteiger partial charge in [0.15, 0.2) is 0 Å². The lowest BCUT2D eigenvalue weighted by atomic mass is 9.92. The molecule has 47 heavy (non-hydrogen) atoms. The zero-order valence-electron chi connectivity index (χ0n) is 25.2. The number of H-pyrrole nitrogens is 1. The third kappa shape index (κ3) is 6.81. The van der Waals surface area contributed by atoms with Gasteiger partial charge in [-0.15, -0.1) is 0 Å². The summed E-state index contributed by atoms with van der Waals surface area (Å²) in [7, 11) is 0. The van der Waals surface area contributed by atoms with E-state index in [1.807, 2.05) is 42.5 Å². The lowest BCUT2D eigenvalue weighted by Crippen LogP contribution is -2.50. The molecule has 2 heterocycles. The molecule has 0 bridgehead atoms. The number of halogens is 3. The van der Waals surface area contributed by atoms with Crippen LogP contribution in [-0.2, 0) is 22.4 Å². The summed E-state index contributed by atoms with van der Waals surface area (Å²) in [6, 6.07) is 22.8. The molecule has 0 aliphatic carbocycles. The van der Waals surface area contributed by atoms with E-state index < -0.39 is 40.5 Å². The number of hydrogen-bond acceptors (Lipinski definition) is 5. The number of benzene rings is 4. The van der Waals surface area contributed by atoms with E-state index in [0.29, 0.717) is 24.7 Å². The predicted molar refractivity (Wildman–Crippen MR) is 174 cm³/mol. The Bertz CT molecular complexity index is 2060. The molecule has 1 aliphatic rings.